The van der Waals surface area contributed by atoms with Crippen molar-refractivity contribution in [2.45, 2.75) is 80.6 Å². The van der Waals surface area contributed by atoms with Crippen LogP contribution in [-0.2, 0) is 9.59 Å². The normalized spacial score (nSPS) is 18.5. The Balaban J connectivity index is 0.00000220. The van der Waals surface area contributed by atoms with Crippen molar-refractivity contribution in [3.63, 3.8) is 0 Å². The average Bonchev–Trinajstić information content (AvgIpc) is 2.95. The molecule has 2 aliphatic rings. The molecule has 2 aliphatic heterocycles. The van der Waals surface area contributed by atoms with Gasteiger partial charge in [-0.25, -0.2) is 0 Å². The maximum atomic E-state index is 13.3. The lowest BCUT2D eigenvalue weighted by Gasteiger charge is -2.37. The van der Waals surface area contributed by atoms with Crippen molar-refractivity contribution < 1.29 is 14.7 Å². The monoisotopic (exact) mass is 547 g/mol. The van der Waals surface area contributed by atoms with Crippen LogP contribution in [0.3, 0.4) is 0 Å². The van der Waals surface area contributed by atoms with Crippen molar-refractivity contribution in [3.05, 3.63) is 35.7 Å². The Hall–Kier alpha value is -2.45. The van der Waals surface area contributed by atoms with E-state index in [-0.39, 0.29) is 5.91 Å². The molecule has 8 heteroatoms. The van der Waals surface area contributed by atoms with Crippen LogP contribution in [-0.4, -0.2) is 97.3 Å². The van der Waals surface area contributed by atoms with Crippen LogP contribution in [0.25, 0.3) is 0 Å². The van der Waals surface area contributed by atoms with Gasteiger partial charge in [0.15, 0.2) is 0 Å². The van der Waals surface area contributed by atoms with Crippen LogP contribution in [0.5, 0.6) is 0 Å². The molecule has 2 rings (SSSR count). The predicted octanol–water partition coefficient (Wildman–Crippen LogP) is 4.63. The lowest BCUT2D eigenvalue weighted by Crippen LogP contribution is -2.46. The van der Waals surface area contributed by atoms with Gasteiger partial charge in [0.1, 0.15) is 12.1 Å². The maximum absolute atomic E-state index is 13.3. The van der Waals surface area contributed by atoms with Crippen molar-refractivity contribution in [1.82, 2.24) is 20.0 Å². The third-order valence-electron chi connectivity index (χ3n) is 7.06. The number of carbonyl (C=O) groups is 2. The minimum absolute atomic E-state index is 0.164. The summed E-state index contributed by atoms with van der Waals surface area (Å²) in [5.74, 6) is 1.13. The summed E-state index contributed by atoms with van der Waals surface area (Å²) >= 11 is 0. The summed E-state index contributed by atoms with van der Waals surface area (Å²) in [6.07, 6.45) is 10.9. The number of likely N-dealkylation sites (tertiary alicyclic amines) is 1. The Morgan fingerprint density at radius 2 is 1.69 bits per heavy atom. The number of amidine groups is 1. The van der Waals surface area contributed by atoms with Crippen molar-refractivity contribution in [2.24, 2.45) is 10.4 Å². The smallest absolute Gasteiger partial charge is 0.232 e. The van der Waals surface area contributed by atoms with Crippen LogP contribution in [0.15, 0.2) is 40.7 Å². The zero-order chi connectivity index (χ0) is 29.8. The maximum Gasteiger partial charge on any atom is 0.232 e. The van der Waals surface area contributed by atoms with E-state index in [1.165, 1.54) is 32.4 Å². The quantitative estimate of drug-likeness (QED) is 0.367. The Morgan fingerprint density at radius 3 is 2.18 bits per heavy atom. The van der Waals surface area contributed by atoms with Gasteiger partial charge in [0, 0.05) is 39.7 Å². The first-order chi connectivity index (χ1) is 18.7. The van der Waals surface area contributed by atoms with Crippen LogP contribution in [0.2, 0.25) is 0 Å². The largest absolute Gasteiger partial charge is 0.400 e. The second-order valence-electron chi connectivity index (χ2n) is 10.2. The molecule has 0 aromatic rings. The number of piperidine rings is 1. The number of aliphatic hydroxyl groups excluding tert-OH is 1. The third kappa shape index (κ3) is 12.1. The molecule has 2 N–H and O–H groups in total. The summed E-state index contributed by atoms with van der Waals surface area (Å²) in [5.41, 5.74) is 2.34. The highest BCUT2D eigenvalue weighted by Crippen LogP contribution is 2.32. The number of allylic oxidation sites excluding steroid dienone is 2. The number of aliphatic imine (C=N–C) groups is 1. The summed E-state index contributed by atoms with van der Waals surface area (Å²) in [6.45, 7) is 25.8. The van der Waals surface area contributed by atoms with Gasteiger partial charge in [0.05, 0.1) is 23.4 Å². The molecule has 0 aliphatic carbocycles. The van der Waals surface area contributed by atoms with E-state index in [1.807, 2.05) is 46.4 Å². The Labute approximate surface area is 238 Å². The molecule has 0 unspecified atom stereocenters. The van der Waals surface area contributed by atoms with Crippen LogP contribution < -0.4 is 5.32 Å². The van der Waals surface area contributed by atoms with Crippen molar-refractivity contribution in [1.29, 1.82) is 0 Å². The summed E-state index contributed by atoms with van der Waals surface area (Å²) in [4.78, 5) is 34.0. The number of aliphatic hydroxyl groups is 1. The van der Waals surface area contributed by atoms with Crippen LogP contribution in [0.4, 0.5) is 0 Å². The Morgan fingerprint density at radius 1 is 1.10 bits per heavy atom. The zero-order valence-corrected chi connectivity index (χ0v) is 26.2. The van der Waals surface area contributed by atoms with Gasteiger partial charge in [0.2, 0.25) is 5.91 Å². The van der Waals surface area contributed by atoms with Gasteiger partial charge >= 0.3 is 0 Å². The lowest BCUT2D eigenvalue weighted by atomic mass is 9.81. The number of hydrogen-bond donors (Lipinski definition) is 2. The average molecular weight is 548 g/mol. The fraction of sp³-hybridized carbons (Fsp3) is 0.710. The van der Waals surface area contributed by atoms with Crippen molar-refractivity contribution in [3.8, 4) is 0 Å². The summed E-state index contributed by atoms with van der Waals surface area (Å²) in [6, 6.07) is 0. The van der Waals surface area contributed by atoms with Gasteiger partial charge in [-0.05, 0) is 92.1 Å². The van der Waals surface area contributed by atoms with E-state index in [1.54, 1.807) is 0 Å². The molecule has 39 heavy (non-hydrogen) atoms. The molecule has 0 atom stereocenters. The second kappa shape index (κ2) is 20.5. The minimum Gasteiger partial charge on any atom is -0.400 e. The highest BCUT2D eigenvalue weighted by atomic mass is 16.2. The molecule has 2 saturated heterocycles. The number of nitrogens with zero attached hydrogens (tertiary/aromatic N) is 4. The van der Waals surface area contributed by atoms with E-state index < -0.39 is 5.41 Å². The molecule has 8 nitrogen and oxygen atoms in total. The van der Waals surface area contributed by atoms with E-state index >= 15 is 0 Å². The molecule has 2 heterocycles. The molecule has 0 bridgehead atoms. The lowest BCUT2D eigenvalue weighted by molar-refractivity contribution is -0.137. The Bertz CT molecular complexity index is 822. The van der Waals surface area contributed by atoms with E-state index in [4.69, 9.17) is 5.11 Å². The molecule has 1 amide bonds. The van der Waals surface area contributed by atoms with Crippen LogP contribution in [0, 0.1) is 5.41 Å². The van der Waals surface area contributed by atoms with Gasteiger partial charge in [-0.2, -0.15) is 0 Å². The van der Waals surface area contributed by atoms with Gasteiger partial charge in [0.25, 0.3) is 0 Å². The number of rotatable bonds is 11. The van der Waals surface area contributed by atoms with Crippen LogP contribution >= 0.6 is 0 Å². The fourth-order valence-electron chi connectivity index (χ4n) is 4.86. The first-order valence-electron chi connectivity index (χ1n) is 14.7. The van der Waals surface area contributed by atoms with Gasteiger partial charge in [-0.15, -0.1) is 0 Å². The summed E-state index contributed by atoms with van der Waals surface area (Å²) in [5, 5.41) is 10.4. The van der Waals surface area contributed by atoms with Gasteiger partial charge in [-0.1, -0.05) is 26.0 Å². The van der Waals surface area contributed by atoms with Gasteiger partial charge < -0.3 is 29.9 Å². The van der Waals surface area contributed by atoms with E-state index in [0.717, 1.165) is 81.9 Å². The van der Waals surface area contributed by atoms with E-state index in [2.05, 4.69) is 45.8 Å². The summed E-state index contributed by atoms with van der Waals surface area (Å²) < 4.78 is 0. The first kappa shape index (κ1) is 36.5. The zero-order valence-electron chi connectivity index (χ0n) is 26.2. The first-order valence-corrected chi connectivity index (χ1v) is 14.7. The molecule has 0 radical (unpaired) electrons. The predicted molar refractivity (Wildman–Crippen MR) is 165 cm³/mol. The fourth-order valence-corrected chi connectivity index (χ4v) is 4.86. The number of aldehydes is 1. The van der Waals surface area contributed by atoms with Crippen molar-refractivity contribution in [2.75, 3.05) is 59.5 Å². The second-order valence-corrected chi connectivity index (χ2v) is 10.2. The van der Waals surface area contributed by atoms with Gasteiger partial charge in [-0.3, -0.25) is 9.79 Å². The molecule has 0 aromatic heterocycles. The molecule has 0 aromatic carbocycles. The third-order valence-corrected chi connectivity index (χ3v) is 7.06. The molecular weight excluding hydrogens is 490 g/mol. The SMILES string of the molecule is C=C1NC(=NCC)CN(CCCN2CCCCC2)/C1=C/C(=C\C)C(C)(C)C(=O)N(CC)CC.CCC=O.CO. The number of piperazine rings is 1. The van der Waals surface area contributed by atoms with Crippen molar-refractivity contribution >= 4 is 18.0 Å². The number of nitrogens with one attached hydrogen (secondary N) is 1. The van der Waals surface area contributed by atoms with Crippen LogP contribution in [0.1, 0.15) is 80.6 Å². The molecule has 0 saturated carbocycles. The number of hydrogen-bond acceptors (Lipinski definition) is 6. The topological polar surface area (TPSA) is 88.5 Å². The molecule has 224 valence electrons. The highest BCUT2D eigenvalue weighted by molar-refractivity contribution is 5.89. The van der Waals surface area contributed by atoms with E-state index in [0.29, 0.717) is 6.42 Å². The number of carbonyl (C=O) groups excluding carboxylic acids is 2. The standard InChI is InChI=1S/C27H47N5O.C3H6O.CH4O/c1-8-23(27(6,7)26(33)31(10-3)11-4)20-24-22(5)29-25(28-9-2)21-32(24)19-15-18-30-16-13-12-14-17-30;1-2-3-4;1-2/h8,20H,5,9-19,21H2,1-4,6-7H3,(H,28,29);3H,2H2,1H3;2H,1H3/b23-8+,24-20+;;. The molecule has 0 spiro atoms. The number of amides is 1. The highest BCUT2D eigenvalue weighted by Gasteiger charge is 2.34. The summed E-state index contributed by atoms with van der Waals surface area (Å²) in [7, 11) is 1.00. The molecule has 2 fully saturated rings. The minimum atomic E-state index is -0.606. The molecular formula is C31H57N5O3. The van der Waals surface area contributed by atoms with E-state index in [9.17, 15) is 9.59 Å². The Kier molecular flexibility index (Phi) is 19.2.